The van der Waals surface area contributed by atoms with Crippen LogP contribution in [0.2, 0.25) is 0 Å². The van der Waals surface area contributed by atoms with E-state index in [0.29, 0.717) is 23.8 Å². The van der Waals surface area contributed by atoms with Crippen LogP contribution in [-0.2, 0) is 54.0 Å². The van der Waals surface area contributed by atoms with Crippen molar-refractivity contribution in [2.24, 2.45) is 11.8 Å². The normalized spacial score (nSPS) is 37.4. The number of aliphatic hydroxyl groups is 8. The first-order valence-corrected chi connectivity index (χ1v) is 23.5. The largest absolute Gasteiger partial charge is 0.479 e. The number of fused-ring (bicyclic) bond motifs is 1. The summed E-state index contributed by atoms with van der Waals surface area (Å²) in [6.45, 7) is 2.92. The lowest BCUT2D eigenvalue weighted by Crippen LogP contribution is -2.64. The number of aliphatic hydroxyl groups excluding tert-OH is 8. The highest BCUT2D eigenvalue weighted by Crippen LogP contribution is 2.39. The molecule has 1 aliphatic carbocycles. The topological polar surface area (TPSA) is 329 Å². The molecule has 3 aromatic rings. The van der Waals surface area contributed by atoms with Crippen LogP contribution in [0.15, 0.2) is 69.9 Å². The lowest BCUT2D eigenvalue weighted by molar-refractivity contribution is -0.350. The van der Waals surface area contributed by atoms with Gasteiger partial charge in [0.05, 0.1) is 55.9 Å². The SMILES string of the molecule is CCC[C@H](OC1C(OC(=O)c2ccccc2)[C@H](O[C@@H]2CC(CO[C@H]3OC(CO)[C@@H](O)C(OCc4cc5ccccc5oc4=O)C3O)CC(C)C2O[C@@H]2OC(C)[C@H](O)C(O)C2O)OC(CO)[C@@H]1O)C(=O)O. The Morgan fingerprint density at radius 1 is 0.714 bits per heavy atom. The summed E-state index contributed by atoms with van der Waals surface area (Å²) >= 11 is 0. The minimum Gasteiger partial charge on any atom is -0.479 e. The molecule has 3 aliphatic heterocycles. The van der Waals surface area contributed by atoms with Crippen molar-refractivity contribution in [1.29, 1.82) is 0 Å². The zero-order chi connectivity index (χ0) is 50.4. The third kappa shape index (κ3) is 12.2. The molecule has 0 amide bonds. The van der Waals surface area contributed by atoms with E-state index in [-0.39, 0.29) is 37.2 Å². The van der Waals surface area contributed by atoms with Gasteiger partial charge in [-0.2, -0.15) is 0 Å². The number of carbonyl (C=O) groups is 2. The molecule has 70 heavy (non-hydrogen) atoms. The molecule has 0 spiro atoms. The maximum absolute atomic E-state index is 13.7. The van der Waals surface area contributed by atoms with Crippen LogP contribution in [0.4, 0.5) is 0 Å². The van der Waals surface area contributed by atoms with Crippen LogP contribution in [0.3, 0.4) is 0 Å². The number of carboxylic acids is 1. The molecule has 1 saturated carbocycles. The van der Waals surface area contributed by atoms with Gasteiger partial charge >= 0.3 is 17.6 Å². The number of carbonyl (C=O) groups excluding carboxylic acids is 1. The Bertz CT molecular complexity index is 2210. The van der Waals surface area contributed by atoms with E-state index < -0.39 is 153 Å². The minimum atomic E-state index is -1.74. The Morgan fingerprint density at radius 3 is 2.07 bits per heavy atom. The second-order valence-electron chi connectivity index (χ2n) is 18.4. The van der Waals surface area contributed by atoms with E-state index in [1.54, 1.807) is 62.4 Å². The van der Waals surface area contributed by atoms with E-state index in [4.69, 9.17) is 47.0 Å². The number of carboxylic acid groups (broad SMARTS) is 1. The first kappa shape index (κ1) is 53.7. The molecule has 12 unspecified atom stereocenters. The summed E-state index contributed by atoms with van der Waals surface area (Å²) in [6, 6.07) is 16.2. The Balaban J connectivity index is 1.15. The summed E-state index contributed by atoms with van der Waals surface area (Å²) in [7, 11) is 0. The fourth-order valence-electron chi connectivity index (χ4n) is 9.44. The van der Waals surface area contributed by atoms with Crippen molar-refractivity contribution in [2.45, 2.75) is 163 Å². The van der Waals surface area contributed by atoms with Gasteiger partial charge in [0, 0.05) is 5.39 Å². The van der Waals surface area contributed by atoms with E-state index in [1.165, 1.54) is 19.1 Å². The number of hydrogen-bond acceptors (Lipinski definition) is 21. The Morgan fingerprint density at radius 2 is 1.39 bits per heavy atom. The monoisotopic (exact) mass is 992 g/mol. The van der Waals surface area contributed by atoms with Crippen LogP contribution in [0.5, 0.6) is 0 Å². The number of ether oxygens (including phenoxy) is 9. The van der Waals surface area contributed by atoms with Crippen LogP contribution in [-0.4, -0.2) is 188 Å². The van der Waals surface area contributed by atoms with Crippen molar-refractivity contribution in [2.75, 3.05) is 19.8 Å². The molecule has 20 atom stereocenters. The quantitative estimate of drug-likeness (QED) is 0.0551. The zero-order valence-electron chi connectivity index (χ0n) is 38.8. The molecule has 2 aromatic carbocycles. The van der Waals surface area contributed by atoms with E-state index in [2.05, 4.69) is 0 Å². The van der Waals surface area contributed by atoms with E-state index in [0.717, 1.165) is 0 Å². The molecule has 7 rings (SSSR count). The number of benzene rings is 2. The third-order valence-corrected chi connectivity index (χ3v) is 13.3. The minimum absolute atomic E-state index is 0.000523. The molecule has 22 nitrogen and oxygen atoms in total. The van der Waals surface area contributed by atoms with Crippen molar-refractivity contribution in [1.82, 2.24) is 0 Å². The van der Waals surface area contributed by atoms with Gasteiger partial charge in [-0.3, -0.25) is 0 Å². The number of rotatable bonds is 19. The van der Waals surface area contributed by atoms with Gasteiger partial charge in [-0.25, -0.2) is 14.4 Å². The molecule has 4 heterocycles. The van der Waals surface area contributed by atoms with Crippen molar-refractivity contribution in [3.05, 3.63) is 82.2 Å². The predicted molar refractivity (Wildman–Crippen MR) is 237 cm³/mol. The standard InChI is InChI=1S/C48H64O22/c1-4-10-29(43(57)58)64-41-35(53)32(19-50)68-48(42(41)69-44(59)25-11-6-5-7-12-25)66-30-16-24(15-22(2)39(30)70-47-37(55)36(54)33(51)23(3)63-47)20-62-46-38(56)40(34(52)31(18-49)67-46)61-21-27-17-26-13-8-9-14-28(26)65-45(27)60/h5-9,11-14,17,22-24,29-42,46-56H,4,10,15-16,18-21H2,1-3H3,(H,57,58)/t22?,23?,24?,29-,30+,31?,32?,33-,34+,35-,36?,37?,38?,39?,40?,41?,42?,46-,47-,48+/m0/s1. The molecule has 1 aromatic heterocycles. The predicted octanol–water partition coefficient (Wildman–Crippen LogP) is -0.280. The summed E-state index contributed by atoms with van der Waals surface area (Å²) in [4.78, 5) is 38.9. The maximum Gasteiger partial charge on any atom is 0.341 e. The van der Waals surface area contributed by atoms with Crippen LogP contribution in [0.25, 0.3) is 11.0 Å². The number of aliphatic carboxylic acids is 1. The molecule has 4 fully saturated rings. The average Bonchev–Trinajstić information content (AvgIpc) is 3.34. The summed E-state index contributed by atoms with van der Waals surface area (Å²) in [6.07, 6.45) is -25.9. The van der Waals surface area contributed by atoms with Crippen LogP contribution < -0.4 is 5.63 Å². The van der Waals surface area contributed by atoms with Crippen LogP contribution in [0, 0.1) is 11.8 Å². The second kappa shape index (κ2) is 24.1. The van der Waals surface area contributed by atoms with E-state index in [9.17, 15) is 60.3 Å². The highest BCUT2D eigenvalue weighted by Gasteiger charge is 2.54. The van der Waals surface area contributed by atoms with Gasteiger partial charge in [-0.1, -0.05) is 56.7 Å². The van der Waals surface area contributed by atoms with Gasteiger partial charge in [0.1, 0.15) is 66.6 Å². The van der Waals surface area contributed by atoms with Gasteiger partial charge in [-0.15, -0.1) is 0 Å². The lowest BCUT2D eigenvalue weighted by Gasteiger charge is -2.48. The van der Waals surface area contributed by atoms with Crippen LogP contribution >= 0.6 is 0 Å². The van der Waals surface area contributed by atoms with Gasteiger partial charge in [0.2, 0.25) is 0 Å². The fourth-order valence-corrected chi connectivity index (χ4v) is 9.44. The number of para-hydroxylation sites is 1. The average molecular weight is 993 g/mol. The maximum atomic E-state index is 13.7. The first-order valence-electron chi connectivity index (χ1n) is 23.5. The van der Waals surface area contributed by atoms with Gasteiger partial charge in [0.15, 0.2) is 31.1 Å². The Kier molecular flexibility index (Phi) is 18.5. The third-order valence-electron chi connectivity index (χ3n) is 13.3. The molecular formula is C48H64O22. The second-order valence-corrected chi connectivity index (χ2v) is 18.4. The fraction of sp³-hybridized carbons (Fsp3) is 0.646. The molecule has 0 bridgehead atoms. The molecule has 9 N–H and O–H groups in total. The molecular weight excluding hydrogens is 929 g/mol. The van der Waals surface area contributed by atoms with Crippen molar-refractivity contribution >= 4 is 22.9 Å². The summed E-state index contributed by atoms with van der Waals surface area (Å²) in [5.41, 5.74) is -0.148. The van der Waals surface area contributed by atoms with Gasteiger partial charge in [-0.05, 0) is 62.3 Å². The zero-order valence-corrected chi connectivity index (χ0v) is 38.8. The van der Waals surface area contributed by atoms with Crippen molar-refractivity contribution in [3.8, 4) is 0 Å². The summed E-state index contributed by atoms with van der Waals surface area (Å²) in [5.74, 6) is -3.30. The first-order chi connectivity index (χ1) is 33.5. The molecule has 0 radical (unpaired) electrons. The molecule has 4 aliphatic rings. The van der Waals surface area contributed by atoms with E-state index >= 15 is 0 Å². The molecule has 388 valence electrons. The highest BCUT2D eigenvalue weighted by atomic mass is 16.8. The highest BCUT2D eigenvalue weighted by molar-refractivity contribution is 5.89. The van der Waals surface area contributed by atoms with E-state index in [1.807, 2.05) is 0 Å². The number of esters is 1. The lowest BCUT2D eigenvalue weighted by atomic mass is 9.78. The molecule has 22 heteroatoms. The number of hydrogen-bond donors (Lipinski definition) is 9. The van der Waals surface area contributed by atoms with Crippen molar-refractivity contribution in [3.63, 3.8) is 0 Å². The summed E-state index contributed by atoms with van der Waals surface area (Å²) in [5, 5.41) is 97.6. The Labute approximate surface area is 402 Å². The van der Waals surface area contributed by atoms with Crippen molar-refractivity contribution < 1.29 is 103 Å². The smallest absolute Gasteiger partial charge is 0.341 e. The van der Waals surface area contributed by atoms with Gasteiger partial charge < -0.3 is 93.0 Å². The summed E-state index contributed by atoms with van der Waals surface area (Å²) < 4.78 is 60.2. The molecule has 3 saturated heterocycles. The Hall–Kier alpha value is -4.05. The van der Waals surface area contributed by atoms with Gasteiger partial charge in [0.25, 0.3) is 0 Å². The van der Waals surface area contributed by atoms with Crippen LogP contribution in [0.1, 0.15) is 62.4 Å².